The van der Waals surface area contributed by atoms with Gasteiger partial charge in [-0.2, -0.15) is 0 Å². The first-order chi connectivity index (χ1) is 10.0. The topological polar surface area (TPSA) is 40.6 Å². The van der Waals surface area contributed by atoms with Crippen LogP contribution >= 0.6 is 0 Å². The number of hydrogen-bond acceptors (Lipinski definition) is 2. The zero-order chi connectivity index (χ0) is 15.4. The lowest BCUT2D eigenvalue weighted by atomic mass is 10.2. The van der Waals surface area contributed by atoms with Crippen molar-refractivity contribution in [2.75, 3.05) is 13.1 Å². The number of likely N-dealkylation sites (tertiary alicyclic amines) is 1. The summed E-state index contributed by atoms with van der Waals surface area (Å²) in [6.45, 7) is 5.32. The number of carbonyl (C=O) groups is 2. The second-order valence-corrected chi connectivity index (χ2v) is 5.35. The van der Waals surface area contributed by atoms with Crippen LogP contribution in [0, 0.1) is 5.82 Å². The SMILES string of the molecule is CCN(Cc1ccc(F)cc1)C(=O)[C@H](C)N1CCCC1=O. The molecule has 1 aromatic carbocycles. The van der Waals surface area contributed by atoms with E-state index >= 15 is 0 Å². The van der Waals surface area contributed by atoms with E-state index in [9.17, 15) is 14.0 Å². The molecule has 0 aliphatic carbocycles. The van der Waals surface area contributed by atoms with Crippen LogP contribution < -0.4 is 0 Å². The molecule has 1 aliphatic rings. The maximum atomic E-state index is 12.9. The van der Waals surface area contributed by atoms with Gasteiger partial charge in [-0.1, -0.05) is 12.1 Å². The lowest BCUT2D eigenvalue weighted by molar-refractivity contribution is -0.143. The average molecular weight is 292 g/mol. The number of amides is 2. The molecule has 0 N–H and O–H groups in total. The molecule has 0 unspecified atom stereocenters. The molecule has 0 radical (unpaired) electrons. The smallest absolute Gasteiger partial charge is 0.245 e. The van der Waals surface area contributed by atoms with Crippen molar-refractivity contribution in [2.45, 2.75) is 39.3 Å². The second-order valence-electron chi connectivity index (χ2n) is 5.35. The summed E-state index contributed by atoms with van der Waals surface area (Å²) in [5, 5.41) is 0. The monoisotopic (exact) mass is 292 g/mol. The van der Waals surface area contributed by atoms with E-state index in [0.29, 0.717) is 26.1 Å². The van der Waals surface area contributed by atoms with Gasteiger partial charge in [-0.3, -0.25) is 9.59 Å². The van der Waals surface area contributed by atoms with Crippen LogP contribution in [0.1, 0.15) is 32.3 Å². The normalized spacial score (nSPS) is 16.1. The van der Waals surface area contributed by atoms with Crippen molar-refractivity contribution in [3.8, 4) is 0 Å². The molecule has 1 fully saturated rings. The van der Waals surface area contributed by atoms with Crippen LogP contribution in [-0.4, -0.2) is 40.7 Å². The fourth-order valence-corrected chi connectivity index (χ4v) is 2.63. The molecule has 1 heterocycles. The highest BCUT2D eigenvalue weighted by Gasteiger charge is 2.31. The molecule has 1 saturated heterocycles. The average Bonchev–Trinajstić information content (AvgIpc) is 2.91. The third-order valence-electron chi connectivity index (χ3n) is 3.91. The summed E-state index contributed by atoms with van der Waals surface area (Å²) < 4.78 is 12.9. The van der Waals surface area contributed by atoms with Gasteiger partial charge in [0.1, 0.15) is 11.9 Å². The van der Waals surface area contributed by atoms with Crippen molar-refractivity contribution >= 4 is 11.8 Å². The number of likely N-dealkylation sites (N-methyl/N-ethyl adjacent to an activating group) is 1. The minimum Gasteiger partial charge on any atom is -0.337 e. The lowest BCUT2D eigenvalue weighted by Crippen LogP contribution is -2.47. The second kappa shape index (κ2) is 6.70. The molecule has 2 rings (SSSR count). The van der Waals surface area contributed by atoms with E-state index in [1.165, 1.54) is 12.1 Å². The molecular weight excluding hydrogens is 271 g/mol. The van der Waals surface area contributed by atoms with Crippen LogP contribution in [0.5, 0.6) is 0 Å². The molecule has 0 aromatic heterocycles. The summed E-state index contributed by atoms with van der Waals surface area (Å²) >= 11 is 0. The third kappa shape index (κ3) is 3.60. The number of halogens is 1. The van der Waals surface area contributed by atoms with Gasteiger partial charge in [0.15, 0.2) is 0 Å². The molecule has 5 heteroatoms. The summed E-state index contributed by atoms with van der Waals surface area (Å²) in [6.07, 6.45) is 1.35. The number of rotatable bonds is 5. The van der Waals surface area contributed by atoms with Crippen LogP contribution in [0.4, 0.5) is 4.39 Å². The van der Waals surface area contributed by atoms with Gasteiger partial charge < -0.3 is 9.80 Å². The van der Waals surface area contributed by atoms with Crippen LogP contribution in [0.15, 0.2) is 24.3 Å². The first-order valence-electron chi connectivity index (χ1n) is 7.35. The first-order valence-corrected chi connectivity index (χ1v) is 7.35. The summed E-state index contributed by atoms with van der Waals surface area (Å²) in [6, 6.07) is 5.70. The predicted octanol–water partition coefficient (Wildman–Crippen LogP) is 2.19. The van der Waals surface area contributed by atoms with Crippen molar-refractivity contribution in [2.24, 2.45) is 0 Å². The summed E-state index contributed by atoms with van der Waals surface area (Å²) in [4.78, 5) is 27.6. The van der Waals surface area contributed by atoms with Crippen LogP contribution in [0.3, 0.4) is 0 Å². The Balaban J connectivity index is 2.04. The molecular formula is C16H21FN2O2. The zero-order valence-corrected chi connectivity index (χ0v) is 12.5. The standard InChI is InChI=1S/C16H21FN2O2/c1-3-18(11-13-6-8-14(17)9-7-13)16(21)12(2)19-10-4-5-15(19)20/h6-9,12H,3-5,10-11H2,1-2H3/t12-/m0/s1. The highest BCUT2D eigenvalue weighted by atomic mass is 19.1. The number of carbonyl (C=O) groups excluding carboxylic acids is 2. The van der Waals surface area contributed by atoms with E-state index in [2.05, 4.69) is 0 Å². The Morgan fingerprint density at radius 1 is 1.38 bits per heavy atom. The Hall–Kier alpha value is -1.91. The maximum Gasteiger partial charge on any atom is 0.245 e. The molecule has 0 saturated carbocycles. The highest BCUT2D eigenvalue weighted by Crippen LogP contribution is 2.16. The molecule has 0 bridgehead atoms. The highest BCUT2D eigenvalue weighted by molar-refractivity contribution is 5.88. The quantitative estimate of drug-likeness (QED) is 0.834. The van der Waals surface area contributed by atoms with Crippen molar-refractivity contribution in [3.05, 3.63) is 35.6 Å². The number of nitrogens with zero attached hydrogens (tertiary/aromatic N) is 2. The minimum atomic E-state index is -0.430. The fourth-order valence-electron chi connectivity index (χ4n) is 2.63. The van der Waals surface area contributed by atoms with Crippen molar-refractivity contribution < 1.29 is 14.0 Å². The van der Waals surface area contributed by atoms with E-state index in [1.807, 2.05) is 6.92 Å². The van der Waals surface area contributed by atoms with Crippen molar-refractivity contribution in [1.82, 2.24) is 9.80 Å². The number of hydrogen-bond donors (Lipinski definition) is 0. The van der Waals surface area contributed by atoms with E-state index < -0.39 is 6.04 Å². The summed E-state index contributed by atoms with van der Waals surface area (Å²) in [5.41, 5.74) is 0.881. The molecule has 1 atom stereocenters. The van der Waals surface area contributed by atoms with Gasteiger partial charge in [0.2, 0.25) is 11.8 Å². The molecule has 114 valence electrons. The molecule has 4 nitrogen and oxygen atoms in total. The fraction of sp³-hybridized carbons (Fsp3) is 0.500. The largest absolute Gasteiger partial charge is 0.337 e. The van der Waals surface area contributed by atoms with E-state index in [0.717, 1.165) is 12.0 Å². The number of benzene rings is 1. The van der Waals surface area contributed by atoms with Gasteiger partial charge in [-0.05, 0) is 38.0 Å². The predicted molar refractivity (Wildman–Crippen MR) is 77.9 cm³/mol. The van der Waals surface area contributed by atoms with Gasteiger partial charge in [0.05, 0.1) is 0 Å². The Bertz CT molecular complexity index is 516. The Morgan fingerprint density at radius 3 is 2.57 bits per heavy atom. The zero-order valence-electron chi connectivity index (χ0n) is 12.5. The molecule has 1 aromatic rings. The lowest BCUT2D eigenvalue weighted by Gasteiger charge is -2.29. The van der Waals surface area contributed by atoms with Crippen molar-refractivity contribution in [3.63, 3.8) is 0 Å². The van der Waals surface area contributed by atoms with Gasteiger partial charge in [-0.25, -0.2) is 4.39 Å². The van der Waals surface area contributed by atoms with Crippen LogP contribution in [-0.2, 0) is 16.1 Å². The Morgan fingerprint density at radius 2 is 2.05 bits per heavy atom. The van der Waals surface area contributed by atoms with E-state index in [-0.39, 0.29) is 17.6 Å². The van der Waals surface area contributed by atoms with Crippen LogP contribution in [0.25, 0.3) is 0 Å². The van der Waals surface area contributed by atoms with Gasteiger partial charge >= 0.3 is 0 Å². The molecule has 1 aliphatic heterocycles. The summed E-state index contributed by atoms with van der Waals surface area (Å²) in [5.74, 6) is -0.296. The molecule has 21 heavy (non-hydrogen) atoms. The Labute approximate surface area is 124 Å². The van der Waals surface area contributed by atoms with Crippen LogP contribution in [0.2, 0.25) is 0 Å². The third-order valence-corrected chi connectivity index (χ3v) is 3.91. The van der Waals surface area contributed by atoms with E-state index in [4.69, 9.17) is 0 Å². The summed E-state index contributed by atoms with van der Waals surface area (Å²) in [7, 11) is 0. The van der Waals surface area contributed by atoms with Crippen molar-refractivity contribution in [1.29, 1.82) is 0 Å². The van der Waals surface area contributed by atoms with Gasteiger partial charge in [0, 0.05) is 26.1 Å². The first kappa shape index (κ1) is 15.5. The molecule has 0 spiro atoms. The van der Waals surface area contributed by atoms with Gasteiger partial charge in [0.25, 0.3) is 0 Å². The maximum absolute atomic E-state index is 12.9. The van der Waals surface area contributed by atoms with E-state index in [1.54, 1.807) is 28.9 Å². The minimum absolute atomic E-state index is 0.0497. The van der Waals surface area contributed by atoms with Gasteiger partial charge in [-0.15, -0.1) is 0 Å². The Kier molecular flexibility index (Phi) is 4.94. The molecule has 2 amide bonds.